The van der Waals surface area contributed by atoms with Crippen molar-refractivity contribution in [3.05, 3.63) is 33.4 Å². The molecule has 0 aliphatic carbocycles. The van der Waals surface area contributed by atoms with Crippen molar-refractivity contribution < 1.29 is 14.5 Å². The topological polar surface area (TPSA) is 84.7 Å². The molecule has 126 valence electrons. The van der Waals surface area contributed by atoms with Gasteiger partial charge in [-0.3, -0.25) is 10.1 Å². The van der Waals surface area contributed by atoms with Crippen molar-refractivity contribution in [3.8, 4) is 0 Å². The Labute approximate surface area is 135 Å². The summed E-state index contributed by atoms with van der Waals surface area (Å²) >= 11 is 0. The van der Waals surface area contributed by atoms with Crippen LogP contribution in [0.4, 0.5) is 16.2 Å². The molecule has 7 nitrogen and oxygen atoms in total. The van der Waals surface area contributed by atoms with E-state index in [1.54, 1.807) is 25.0 Å². The number of carbonyl (C=O) groups excluding carboxylic acids is 1. The number of piperidine rings is 1. The molecule has 0 saturated carbocycles. The number of likely N-dealkylation sites (tertiary alicyclic amines) is 1. The Morgan fingerprint density at radius 3 is 2.87 bits per heavy atom. The second kappa shape index (κ2) is 7.41. The van der Waals surface area contributed by atoms with Crippen LogP contribution < -0.4 is 5.32 Å². The van der Waals surface area contributed by atoms with Crippen molar-refractivity contribution in [1.29, 1.82) is 0 Å². The molecule has 23 heavy (non-hydrogen) atoms. The van der Waals surface area contributed by atoms with Crippen LogP contribution in [0.3, 0.4) is 0 Å². The largest absolute Gasteiger partial charge is 0.384 e. The first-order valence-corrected chi connectivity index (χ1v) is 7.73. The normalized spacial score (nSPS) is 17.9. The number of carbonyl (C=O) groups is 1. The average Bonchev–Trinajstić information content (AvgIpc) is 2.51. The van der Waals surface area contributed by atoms with E-state index in [0.29, 0.717) is 36.9 Å². The monoisotopic (exact) mass is 321 g/mol. The smallest absolute Gasteiger partial charge is 0.321 e. The highest BCUT2D eigenvalue weighted by Crippen LogP contribution is 2.29. The lowest BCUT2D eigenvalue weighted by atomic mass is 9.99. The molecule has 2 amide bonds. The van der Waals surface area contributed by atoms with Gasteiger partial charge < -0.3 is 15.0 Å². The van der Waals surface area contributed by atoms with Gasteiger partial charge in [0.1, 0.15) is 0 Å². The zero-order valence-electron chi connectivity index (χ0n) is 13.8. The van der Waals surface area contributed by atoms with E-state index in [-0.39, 0.29) is 11.7 Å². The number of hydrogen-bond donors (Lipinski definition) is 1. The maximum Gasteiger partial charge on any atom is 0.321 e. The van der Waals surface area contributed by atoms with Crippen LogP contribution >= 0.6 is 0 Å². The molecule has 2 rings (SSSR count). The summed E-state index contributed by atoms with van der Waals surface area (Å²) in [6.45, 7) is 5.46. The number of nitro groups is 1. The molecule has 7 heteroatoms. The minimum Gasteiger partial charge on any atom is -0.384 e. The summed E-state index contributed by atoms with van der Waals surface area (Å²) in [7, 11) is 1.66. The van der Waals surface area contributed by atoms with Crippen LogP contribution in [0, 0.1) is 29.9 Å². The lowest BCUT2D eigenvalue weighted by Gasteiger charge is -2.32. The van der Waals surface area contributed by atoms with Gasteiger partial charge in [-0.05, 0) is 32.3 Å². The van der Waals surface area contributed by atoms with E-state index in [0.717, 1.165) is 18.4 Å². The lowest BCUT2D eigenvalue weighted by Crippen LogP contribution is -2.43. The minimum atomic E-state index is -0.431. The summed E-state index contributed by atoms with van der Waals surface area (Å²) in [5, 5.41) is 13.9. The molecular formula is C16H23N3O4. The summed E-state index contributed by atoms with van der Waals surface area (Å²) in [4.78, 5) is 24.9. The molecule has 0 unspecified atom stereocenters. The Morgan fingerprint density at radius 1 is 1.48 bits per heavy atom. The molecule has 1 fully saturated rings. The van der Waals surface area contributed by atoms with E-state index in [1.165, 1.54) is 6.07 Å². The number of amides is 2. The van der Waals surface area contributed by atoms with Crippen LogP contribution in [0.5, 0.6) is 0 Å². The first-order valence-electron chi connectivity index (χ1n) is 7.73. The minimum absolute atomic E-state index is 0.0156. The fourth-order valence-electron chi connectivity index (χ4n) is 3.03. The molecule has 1 N–H and O–H groups in total. The number of nitrogens with one attached hydrogen (secondary N) is 1. The number of benzene rings is 1. The molecule has 1 aliphatic heterocycles. The number of nitro benzene ring substituents is 1. The highest BCUT2D eigenvalue weighted by atomic mass is 16.6. The number of rotatable bonds is 4. The highest BCUT2D eigenvalue weighted by molar-refractivity contribution is 5.92. The standard InChI is InChI=1S/C16H23N3O4/c1-11-6-7-14(19(21)22)12(2)15(11)17-16(20)18-8-4-5-13(9-18)10-23-3/h6-7,13H,4-5,8-10H2,1-3H3,(H,17,20)/t13-/m0/s1. The van der Waals surface area contributed by atoms with Gasteiger partial charge in [0.05, 0.1) is 22.8 Å². The molecule has 1 aromatic carbocycles. The molecule has 1 atom stereocenters. The average molecular weight is 321 g/mol. The van der Waals surface area contributed by atoms with Gasteiger partial charge in [0, 0.05) is 32.2 Å². The van der Waals surface area contributed by atoms with Crippen LogP contribution in [-0.2, 0) is 4.74 Å². The third-order valence-electron chi connectivity index (χ3n) is 4.28. The summed E-state index contributed by atoms with van der Waals surface area (Å²) in [6.07, 6.45) is 1.99. The van der Waals surface area contributed by atoms with Crippen LogP contribution in [0.1, 0.15) is 24.0 Å². The second-order valence-corrected chi connectivity index (χ2v) is 6.00. The van der Waals surface area contributed by atoms with Crippen LogP contribution in [0.15, 0.2) is 12.1 Å². The predicted octanol–water partition coefficient (Wildman–Crippen LogP) is 3.10. The Kier molecular flexibility index (Phi) is 5.54. The van der Waals surface area contributed by atoms with Crippen molar-refractivity contribution in [2.75, 3.05) is 32.1 Å². The number of aryl methyl sites for hydroxylation is 1. The van der Waals surface area contributed by atoms with Crippen molar-refractivity contribution in [2.24, 2.45) is 5.92 Å². The fraction of sp³-hybridized carbons (Fsp3) is 0.562. The molecule has 1 heterocycles. The number of anilines is 1. The maximum atomic E-state index is 12.5. The lowest BCUT2D eigenvalue weighted by molar-refractivity contribution is -0.385. The molecule has 1 saturated heterocycles. The first-order chi connectivity index (χ1) is 10.9. The van der Waals surface area contributed by atoms with Crippen LogP contribution in [0.2, 0.25) is 0 Å². The van der Waals surface area contributed by atoms with Crippen molar-refractivity contribution >= 4 is 17.4 Å². The summed E-state index contributed by atoms with van der Waals surface area (Å²) in [5.74, 6) is 0.340. The molecule has 0 bridgehead atoms. The zero-order valence-corrected chi connectivity index (χ0v) is 13.8. The SMILES string of the molecule is COC[C@H]1CCCN(C(=O)Nc2c(C)ccc([N+](=O)[O-])c2C)C1. The van der Waals surface area contributed by atoms with Gasteiger partial charge in [-0.2, -0.15) is 0 Å². The molecule has 0 spiro atoms. The van der Waals surface area contributed by atoms with Gasteiger partial charge in [0.2, 0.25) is 0 Å². The summed E-state index contributed by atoms with van der Waals surface area (Å²) in [5.41, 5.74) is 1.83. The molecular weight excluding hydrogens is 298 g/mol. The van der Waals surface area contributed by atoms with Gasteiger partial charge in [-0.25, -0.2) is 4.79 Å². The number of ether oxygens (including phenoxy) is 1. The van der Waals surface area contributed by atoms with E-state index >= 15 is 0 Å². The third-order valence-corrected chi connectivity index (χ3v) is 4.28. The molecule has 1 aromatic rings. The second-order valence-electron chi connectivity index (χ2n) is 6.00. The van der Waals surface area contributed by atoms with Crippen molar-refractivity contribution in [1.82, 2.24) is 4.90 Å². The Morgan fingerprint density at radius 2 is 2.22 bits per heavy atom. The number of urea groups is 1. The Bertz CT molecular complexity index is 601. The Hall–Kier alpha value is -2.15. The van der Waals surface area contributed by atoms with Gasteiger partial charge >= 0.3 is 6.03 Å². The zero-order chi connectivity index (χ0) is 17.0. The number of nitrogens with zero attached hydrogens (tertiary/aromatic N) is 2. The van der Waals surface area contributed by atoms with Gasteiger partial charge in [-0.15, -0.1) is 0 Å². The quantitative estimate of drug-likeness (QED) is 0.682. The van der Waals surface area contributed by atoms with E-state index < -0.39 is 4.92 Å². The van der Waals surface area contributed by atoms with E-state index in [1.807, 2.05) is 6.92 Å². The van der Waals surface area contributed by atoms with E-state index in [4.69, 9.17) is 4.74 Å². The summed E-state index contributed by atoms with van der Waals surface area (Å²) in [6, 6.07) is 2.91. The predicted molar refractivity (Wildman–Crippen MR) is 87.8 cm³/mol. The first kappa shape index (κ1) is 17.2. The van der Waals surface area contributed by atoms with Crippen LogP contribution in [-0.4, -0.2) is 42.7 Å². The van der Waals surface area contributed by atoms with Gasteiger partial charge in [0.25, 0.3) is 5.69 Å². The van der Waals surface area contributed by atoms with Crippen LogP contribution in [0.25, 0.3) is 0 Å². The van der Waals surface area contributed by atoms with E-state index in [9.17, 15) is 14.9 Å². The number of hydrogen-bond acceptors (Lipinski definition) is 4. The number of methoxy groups -OCH3 is 1. The fourth-order valence-corrected chi connectivity index (χ4v) is 3.03. The molecule has 1 aliphatic rings. The summed E-state index contributed by atoms with van der Waals surface area (Å²) < 4.78 is 5.17. The van der Waals surface area contributed by atoms with Crippen molar-refractivity contribution in [3.63, 3.8) is 0 Å². The van der Waals surface area contributed by atoms with Gasteiger partial charge in [-0.1, -0.05) is 6.07 Å². The Balaban J connectivity index is 2.14. The van der Waals surface area contributed by atoms with E-state index in [2.05, 4.69) is 5.32 Å². The molecule has 0 aromatic heterocycles. The third kappa shape index (κ3) is 3.98. The van der Waals surface area contributed by atoms with Gasteiger partial charge in [0.15, 0.2) is 0 Å². The highest BCUT2D eigenvalue weighted by Gasteiger charge is 2.25. The van der Waals surface area contributed by atoms with Crippen molar-refractivity contribution in [2.45, 2.75) is 26.7 Å². The molecule has 0 radical (unpaired) electrons. The maximum absolute atomic E-state index is 12.5.